The van der Waals surface area contributed by atoms with E-state index in [2.05, 4.69) is 33.8 Å². The Hall–Kier alpha value is -0.380. The van der Waals surface area contributed by atoms with Crippen molar-refractivity contribution in [2.45, 2.75) is 103 Å². The summed E-state index contributed by atoms with van der Waals surface area (Å²) < 4.78 is 13.3. The molecule has 6 aliphatic rings. The van der Waals surface area contributed by atoms with Crippen LogP contribution in [0.2, 0.25) is 0 Å². The lowest BCUT2D eigenvalue weighted by Gasteiger charge is -2.58. The minimum absolute atomic E-state index is 0.107. The van der Waals surface area contributed by atoms with E-state index in [-0.39, 0.29) is 11.9 Å². The van der Waals surface area contributed by atoms with Gasteiger partial charge in [0.2, 0.25) is 0 Å². The molecule has 1 N–H and O–H groups in total. The number of aliphatic hydroxyl groups is 1. The molecule has 168 valence electrons. The summed E-state index contributed by atoms with van der Waals surface area (Å²) in [5.41, 5.74) is 2.31. The fraction of sp³-hybridized carbons (Fsp3) is 0.926. The molecule has 0 amide bonds. The Morgan fingerprint density at radius 2 is 1.87 bits per heavy atom. The number of ether oxygens (including phenoxy) is 2. The van der Waals surface area contributed by atoms with Crippen LogP contribution < -0.4 is 0 Å². The predicted octanol–water partition coefficient (Wildman–Crippen LogP) is 5.71. The Morgan fingerprint density at radius 3 is 2.63 bits per heavy atom. The van der Waals surface area contributed by atoms with Crippen molar-refractivity contribution in [2.24, 2.45) is 46.3 Å². The highest BCUT2D eigenvalue weighted by molar-refractivity contribution is 5.26. The lowest BCUT2D eigenvalue weighted by atomic mass is 9.47. The SMILES string of the molecule is CC1CCC2(OC1)OC1CC3C4CC=C5C[C@@H](O)CCC5(C)C4CC[C@]3(C)C1[C@@H]2C. The molecule has 2 aliphatic heterocycles. The highest BCUT2D eigenvalue weighted by atomic mass is 16.7. The number of hydrogen-bond acceptors (Lipinski definition) is 3. The van der Waals surface area contributed by atoms with Crippen molar-refractivity contribution in [3.05, 3.63) is 11.6 Å². The quantitative estimate of drug-likeness (QED) is 0.516. The molecule has 1 spiro atoms. The molecule has 6 rings (SSSR count). The molecule has 30 heavy (non-hydrogen) atoms. The smallest absolute Gasteiger partial charge is 0.171 e. The van der Waals surface area contributed by atoms with Crippen molar-refractivity contribution >= 4 is 0 Å². The van der Waals surface area contributed by atoms with Crippen molar-refractivity contribution < 1.29 is 14.6 Å². The molecule has 2 heterocycles. The highest BCUT2D eigenvalue weighted by Gasteiger charge is 2.68. The Morgan fingerprint density at radius 1 is 1.03 bits per heavy atom. The first kappa shape index (κ1) is 20.2. The number of allylic oxidation sites excluding steroid dienone is 1. The van der Waals surface area contributed by atoms with Crippen LogP contribution in [-0.4, -0.2) is 29.7 Å². The molecule has 0 radical (unpaired) electrons. The van der Waals surface area contributed by atoms with Gasteiger partial charge in [-0.3, -0.25) is 0 Å². The molecule has 2 saturated heterocycles. The fourth-order valence-corrected chi connectivity index (χ4v) is 9.66. The van der Waals surface area contributed by atoms with E-state index in [0.29, 0.717) is 34.7 Å². The maximum absolute atomic E-state index is 10.3. The van der Waals surface area contributed by atoms with Crippen LogP contribution in [0.1, 0.15) is 85.5 Å². The van der Waals surface area contributed by atoms with E-state index in [1.165, 1.54) is 38.5 Å². The summed E-state index contributed by atoms with van der Waals surface area (Å²) in [4.78, 5) is 0. The fourth-order valence-electron chi connectivity index (χ4n) is 9.66. The van der Waals surface area contributed by atoms with E-state index in [9.17, 15) is 5.11 Å². The van der Waals surface area contributed by atoms with Gasteiger partial charge < -0.3 is 14.6 Å². The third kappa shape index (κ3) is 2.55. The Balaban J connectivity index is 1.28. The summed E-state index contributed by atoms with van der Waals surface area (Å²) in [6.45, 7) is 10.8. The normalized spacial score (nSPS) is 59.8. The van der Waals surface area contributed by atoms with Crippen molar-refractivity contribution in [2.75, 3.05) is 6.61 Å². The molecule has 5 fully saturated rings. The highest BCUT2D eigenvalue weighted by Crippen LogP contribution is 2.70. The second kappa shape index (κ2) is 6.58. The van der Waals surface area contributed by atoms with Crippen LogP contribution in [0.5, 0.6) is 0 Å². The van der Waals surface area contributed by atoms with Gasteiger partial charge in [0, 0.05) is 12.3 Å². The Bertz CT molecular complexity index is 736. The minimum atomic E-state index is -0.294. The standard InChI is InChI=1S/C27H42O3/c1-16-7-12-27(29-15-16)17(2)24-23(30-27)14-22-20-6-5-18-13-19(28)8-10-25(18,3)21(20)9-11-26(22,24)4/h5,16-17,19-24,28H,6-15H2,1-4H3/t16?,17-,19-,20?,21?,22?,23?,24?,25?,26-,27?/m0/s1. The molecule has 0 aromatic carbocycles. The lowest BCUT2D eigenvalue weighted by molar-refractivity contribution is -0.272. The molecule has 0 aromatic heterocycles. The van der Waals surface area contributed by atoms with Gasteiger partial charge in [-0.1, -0.05) is 39.3 Å². The lowest BCUT2D eigenvalue weighted by Crippen LogP contribution is -2.52. The third-order valence-corrected chi connectivity index (χ3v) is 11.3. The van der Waals surface area contributed by atoms with E-state index in [4.69, 9.17) is 9.47 Å². The van der Waals surface area contributed by atoms with Gasteiger partial charge in [0.25, 0.3) is 0 Å². The summed E-state index contributed by atoms with van der Waals surface area (Å²) in [6.07, 6.45) is 13.5. The third-order valence-electron chi connectivity index (χ3n) is 11.3. The van der Waals surface area contributed by atoms with Gasteiger partial charge in [0.15, 0.2) is 5.79 Å². The van der Waals surface area contributed by atoms with Crippen LogP contribution in [0.15, 0.2) is 11.6 Å². The molecule has 0 bridgehead atoms. The molecular weight excluding hydrogens is 372 g/mol. The number of rotatable bonds is 0. The molecule has 11 atom stereocenters. The molecular formula is C27H42O3. The predicted molar refractivity (Wildman–Crippen MR) is 118 cm³/mol. The average molecular weight is 415 g/mol. The first-order valence-corrected chi connectivity index (χ1v) is 13.0. The summed E-state index contributed by atoms with van der Waals surface area (Å²) in [5.74, 6) is 3.94. The number of hydrogen-bond donors (Lipinski definition) is 1. The van der Waals surface area contributed by atoms with Crippen molar-refractivity contribution in [1.82, 2.24) is 0 Å². The summed E-state index contributed by atoms with van der Waals surface area (Å²) >= 11 is 0. The monoisotopic (exact) mass is 414 g/mol. The maximum atomic E-state index is 10.3. The van der Waals surface area contributed by atoms with Crippen molar-refractivity contribution in [1.29, 1.82) is 0 Å². The molecule has 4 aliphatic carbocycles. The Kier molecular flexibility index (Phi) is 4.44. The summed E-state index contributed by atoms with van der Waals surface area (Å²) in [5, 5.41) is 10.3. The second-order valence-corrected chi connectivity index (χ2v) is 12.7. The van der Waals surface area contributed by atoms with Gasteiger partial charge >= 0.3 is 0 Å². The van der Waals surface area contributed by atoms with Gasteiger partial charge in [-0.15, -0.1) is 0 Å². The van der Waals surface area contributed by atoms with Gasteiger partial charge in [-0.05, 0) is 91.8 Å². The summed E-state index contributed by atoms with van der Waals surface area (Å²) in [7, 11) is 0. The van der Waals surface area contributed by atoms with Gasteiger partial charge in [0.1, 0.15) is 0 Å². The minimum Gasteiger partial charge on any atom is -0.393 e. The molecule has 3 heteroatoms. The number of aliphatic hydroxyl groups excluding tert-OH is 1. The second-order valence-electron chi connectivity index (χ2n) is 12.7. The van der Waals surface area contributed by atoms with Crippen molar-refractivity contribution in [3.63, 3.8) is 0 Å². The maximum Gasteiger partial charge on any atom is 0.171 e. The van der Waals surface area contributed by atoms with Crippen LogP contribution >= 0.6 is 0 Å². The van der Waals surface area contributed by atoms with Crippen LogP contribution in [0.25, 0.3) is 0 Å². The van der Waals surface area contributed by atoms with Gasteiger partial charge in [0.05, 0.1) is 18.8 Å². The molecule has 3 nitrogen and oxygen atoms in total. The number of fused-ring (bicyclic) bond motifs is 7. The zero-order valence-electron chi connectivity index (χ0n) is 19.5. The van der Waals surface area contributed by atoms with E-state index in [1.807, 2.05) is 0 Å². The van der Waals surface area contributed by atoms with E-state index in [1.54, 1.807) is 5.57 Å². The summed E-state index contributed by atoms with van der Waals surface area (Å²) in [6, 6.07) is 0. The van der Waals surface area contributed by atoms with E-state index in [0.717, 1.165) is 43.6 Å². The van der Waals surface area contributed by atoms with Crippen molar-refractivity contribution in [3.8, 4) is 0 Å². The first-order chi connectivity index (χ1) is 14.3. The topological polar surface area (TPSA) is 38.7 Å². The largest absolute Gasteiger partial charge is 0.393 e. The molecule has 3 saturated carbocycles. The van der Waals surface area contributed by atoms with Gasteiger partial charge in [-0.25, -0.2) is 0 Å². The van der Waals surface area contributed by atoms with Crippen LogP contribution in [0, 0.1) is 46.3 Å². The zero-order chi connectivity index (χ0) is 20.9. The molecule has 0 aromatic rings. The Labute approximate surface area is 183 Å². The van der Waals surface area contributed by atoms with Crippen LogP contribution in [0.4, 0.5) is 0 Å². The molecule has 8 unspecified atom stereocenters. The van der Waals surface area contributed by atoms with E-state index >= 15 is 0 Å². The van der Waals surface area contributed by atoms with Gasteiger partial charge in [-0.2, -0.15) is 0 Å². The van der Waals surface area contributed by atoms with Crippen LogP contribution in [0.3, 0.4) is 0 Å². The first-order valence-electron chi connectivity index (χ1n) is 13.0. The van der Waals surface area contributed by atoms with Crippen LogP contribution in [-0.2, 0) is 9.47 Å². The average Bonchev–Trinajstić information content (AvgIpc) is 3.16. The zero-order valence-corrected chi connectivity index (χ0v) is 19.5. The van der Waals surface area contributed by atoms with E-state index < -0.39 is 0 Å².